The van der Waals surface area contributed by atoms with Gasteiger partial charge in [-0.2, -0.15) is 5.10 Å². The molecule has 2 aromatic heterocycles. The van der Waals surface area contributed by atoms with Crippen LogP contribution in [0.3, 0.4) is 0 Å². The molecule has 3 heterocycles. The molecule has 0 fully saturated rings. The first kappa shape index (κ1) is 22.9. The van der Waals surface area contributed by atoms with Crippen molar-refractivity contribution < 1.29 is 9.47 Å². The largest absolute Gasteiger partial charge is 0.493 e. The molecular weight excluding hydrogens is 507 g/mol. The van der Waals surface area contributed by atoms with Gasteiger partial charge in [0.1, 0.15) is 0 Å². The van der Waals surface area contributed by atoms with Crippen LogP contribution in [0.25, 0.3) is 5.82 Å². The van der Waals surface area contributed by atoms with Crippen LogP contribution >= 0.6 is 24.0 Å². The van der Waals surface area contributed by atoms with E-state index in [2.05, 4.69) is 37.4 Å². The molecule has 1 aromatic carbocycles. The van der Waals surface area contributed by atoms with Gasteiger partial charge in [-0.15, -0.1) is 24.0 Å². The second-order valence-corrected chi connectivity index (χ2v) is 7.02. The summed E-state index contributed by atoms with van der Waals surface area (Å²) < 4.78 is 12.7. The molecule has 1 aliphatic rings. The monoisotopic (exact) mass is 534 g/mol. The van der Waals surface area contributed by atoms with Gasteiger partial charge in [0.05, 0.1) is 14.2 Å². The molecular formula is C22H27IN6O2. The summed E-state index contributed by atoms with van der Waals surface area (Å²) in [6, 6.07) is 10.0. The number of hydrogen-bond acceptors (Lipinski definition) is 5. The standard InChI is InChI=1S/C22H26N6O2.HI/c1-23-22(25-14-16-5-8-24-21(11-16)28-9-4-7-26-28)27-10-6-17-12-19(29-2)20(30-3)13-18(17)15-27;/h4-5,7-9,11-13H,6,10,14-15H2,1-3H3,(H,23,25);1H. The van der Waals surface area contributed by atoms with Crippen LogP contribution in [-0.4, -0.2) is 53.4 Å². The van der Waals surface area contributed by atoms with Crippen molar-refractivity contribution >= 4 is 29.9 Å². The first-order chi connectivity index (χ1) is 14.7. The Hall–Kier alpha value is -2.82. The number of ether oxygens (including phenoxy) is 2. The van der Waals surface area contributed by atoms with Crippen LogP contribution in [0, 0.1) is 0 Å². The maximum Gasteiger partial charge on any atom is 0.194 e. The molecule has 0 atom stereocenters. The van der Waals surface area contributed by atoms with Crippen molar-refractivity contribution in [2.75, 3.05) is 27.8 Å². The molecule has 1 N–H and O–H groups in total. The topological polar surface area (TPSA) is 76.8 Å². The predicted octanol–water partition coefficient (Wildman–Crippen LogP) is 3.04. The molecule has 1 aliphatic heterocycles. The lowest BCUT2D eigenvalue weighted by molar-refractivity contribution is 0.346. The second kappa shape index (κ2) is 10.5. The summed E-state index contributed by atoms with van der Waals surface area (Å²) in [5.74, 6) is 3.19. The number of aromatic nitrogens is 3. The number of fused-ring (bicyclic) bond motifs is 1. The molecule has 0 saturated carbocycles. The van der Waals surface area contributed by atoms with Gasteiger partial charge in [0, 0.05) is 45.3 Å². The molecule has 0 aliphatic carbocycles. The normalized spacial score (nSPS) is 13.3. The summed E-state index contributed by atoms with van der Waals surface area (Å²) in [4.78, 5) is 11.1. The van der Waals surface area contributed by atoms with Gasteiger partial charge in [0.15, 0.2) is 23.3 Å². The van der Waals surface area contributed by atoms with E-state index in [0.717, 1.165) is 48.4 Å². The Morgan fingerprint density at radius 3 is 2.58 bits per heavy atom. The fraction of sp³-hybridized carbons (Fsp3) is 0.318. The SMILES string of the molecule is CN=C(NCc1ccnc(-n2cccn2)c1)N1CCc2cc(OC)c(OC)cc2C1.I. The van der Waals surface area contributed by atoms with E-state index in [9.17, 15) is 0 Å². The van der Waals surface area contributed by atoms with Gasteiger partial charge in [-0.1, -0.05) is 0 Å². The minimum Gasteiger partial charge on any atom is -0.493 e. The smallest absolute Gasteiger partial charge is 0.194 e. The maximum atomic E-state index is 5.47. The van der Waals surface area contributed by atoms with E-state index in [1.54, 1.807) is 31.3 Å². The van der Waals surface area contributed by atoms with E-state index in [1.807, 2.05) is 31.4 Å². The number of nitrogens with one attached hydrogen (secondary N) is 1. The van der Waals surface area contributed by atoms with Gasteiger partial charge in [-0.05, 0) is 53.4 Å². The highest BCUT2D eigenvalue weighted by molar-refractivity contribution is 14.0. The van der Waals surface area contributed by atoms with Gasteiger partial charge < -0.3 is 19.7 Å². The predicted molar refractivity (Wildman–Crippen MR) is 131 cm³/mol. The van der Waals surface area contributed by atoms with E-state index in [1.165, 1.54) is 11.1 Å². The zero-order valence-electron chi connectivity index (χ0n) is 17.9. The second-order valence-electron chi connectivity index (χ2n) is 7.02. The molecule has 0 unspecified atom stereocenters. The van der Waals surface area contributed by atoms with Crippen LogP contribution in [0.1, 0.15) is 16.7 Å². The Balaban J connectivity index is 0.00000272. The van der Waals surface area contributed by atoms with Crippen molar-refractivity contribution in [2.24, 2.45) is 4.99 Å². The number of hydrogen-bond donors (Lipinski definition) is 1. The van der Waals surface area contributed by atoms with Crippen molar-refractivity contribution in [1.29, 1.82) is 0 Å². The van der Waals surface area contributed by atoms with E-state index in [4.69, 9.17) is 9.47 Å². The molecule has 0 spiro atoms. The molecule has 0 bridgehead atoms. The fourth-order valence-corrected chi connectivity index (χ4v) is 3.68. The van der Waals surface area contributed by atoms with Gasteiger partial charge in [-0.25, -0.2) is 9.67 Å². The van der Waals surface area contributed by atoms with Crippen LogP contribution in [0.2, 0.25) is 0 Å². The summed E-state index contributed by atoms with van der Waals surface area (Å²) in [5.41, 5.74) is 3.63. The lowest BCUT2D eigenvalue weighted by Gasteiger charge is -2.32. The Labute approximate surface area is 199 Å². The maximum absolute atomic E-state index is 5.47. The van der Waals surface area contributed by atoms with Gasteiger partial charge in [-0.3, -0.25) is 4.99 Å². The zero-order valence-corrected chi connectivity index (χ0v) is 20.2. The van der Waals surface area contributed by atoms with Gasteiger partial charge >= 0.3 is 0 Å². The quantitative estimate of drug-likeness (QED) is 0.308. The first-order valence-corrected chi connectivity index (χ1v) is 9.86. The van der Waals surface area contributed by atoms with Crippen LogP contribution in [0.4, 0.5) is 0 Å². The minimum atomic E-state index is 0. The molecule has 4 rings (SSSR count). The lowest BCUT2D eigenvalue weighted by Crippen LogP contribution is -2.43. The third-order valence-corrected chi connectivity index (χ3v) is 5.23. The number of nitrogens with zero attached hydrogens (tertiary/aromatic N) is 5. The van der Waals surface area contributed by atoms with Crippen molar-refractivity contribution in [3.8, 4) is 17.3 Å². The average molecular weight is 534 g/mol. The fourth-order valence-electron chi connectivity index (χ4n) is 3.68. The number of benzene rings is 1. The van der Waals surface area contributed by atoms with Gasteiger partial charge in [0.2, 0.25) is 0 Å². The number of aliphatic imine (C=N–C) groups is 1. The molecule has 164 valence electrons. The average Bonchev–Trinajstić information content (AvgIpc) is 3.33. The summed E-state index contributed by atoms with van der Waals surface area (Å²) in [5, 5.41) is 7.72. The first-order valence-electron chi connectivity index (χ1n) is 9.86. The summed E-state index contributed by atoms with van der Waals surface area (Å²) in [7, 11) is 5.15. The molecule has 9 heteroatoms. The van der Waals surface area contributed by atoms with Crippen molar-refractivity contribution in [3.05, 3.63) is 65.6 Å². The minimum absolute atomic E-state index is 0. The molecule has 31 heavy (non-hydrogen) atoms. The third-order valence-electron chi connectivity index (χ3n) is 5.23. The molecule has 3 aromatic rings. The molecule has 0 amide bonds. The Bertz CT molecular complexity index is 1040. The van der Waals surface area contributed by atoms with Crippen LogP contribution in [0.5, 0.6) is 11.5 Å². The summed E-state index contributed by atoms with van der Waals surface area (Å²) in [6.07, 6.45) is 6.35. The zero-order chi connectivity index (χ0) is 20.9. The molecule has 8 nitrogen and oxygen atoms in total. The van der Waals surface area contributed by atoms with E-state index < -0.39 is 0 Å². The Kier molecular flexibility index (Phi) is 7.72. The van der Waals surface area contributed by atoms with E-state index in [0.29, 0.717) is 6.54 Å². The Morgan fingerprint density at radius 1 is 1.13 bits per heavy atom. The van der Waals surface area contributed by atoms with Crippen LogP contribution in [-0.2, 0) is 19.5 Å². The van der Waals surface area contributed by atoms with Crippen molar-refractivity contribution in [2.45, 2.75) is 19.5 Å². The van der Waals surface area contributed by atoms with Gasteiger partial charge in [0.25, 0.3) is 0 Å². The molecule has 0 saturated heterocycles. The third kappa shape index (κ3) is 5.09. The molecule has 0 radical (unpaired) electrons. The summed E-state index contributed by atoms with van der Waals surface area (Å²) >= 11 is 0. The lowest BCUT2D eigenvalue weighted by atomic mass is 9.99. The van der Waals surface area contributed by atoms with Crippen LogP contribution in [0.15, 0.2) is 53.9 Å². The number of methoxy groups -OCH3 is 2. The van der Waals surface area contributed by atoms with Crippen molar-refractivity contribution in [3.63, 3.8) is 0 Å². The highest BCUT2D eigenvalue weighted by atomic mass is 127. The highest BCUT2D eigenvalue weighted by Crippen LogP contribution is 2.33. The van der Waals surface area contributed by atoms with E-state index >= 15 is 0 Å². The van der Waals surface area contributed by atoms with Crippen LogP contribution < -0.4 is 14.8 Å². The van der Waals surface area contributed by atoms with Crippen molar-refractivity contribution in [1.82, 2.24) is 25.0 Å². The summed E-state index contributed by atoms with van der Waals surface area (Å²) in [6.45, 7) is 2.31. The Morgan fingerprint density at radius 2 is 1.90 bits per heavy atom. The van der Waals surface area contributed by atoms with E-state index in [-0.39, 0.29) is 24.0 Å². The number of rotatable bonds is 5. The number of pyridine rings is 1. The number of halogens is 1. The number of guanidine groups is 1. The highest BCUT2D eigenvalue weighted by Gasteiger charge is 2.21.